The van der Waals surface area contributed by atoms with Gasteiger partial charge in [-0.3, -0.25) is 4.68 Å². The summed E-state index contributed by atoms with van der Waals surface area (Å²) in [6.45, 7) is 2.27. The molecule has 2 aromatic rings. The highest BCUT2D eigenvalue weighted by Gasteiger charge is 2.13. The minimum absolute atomic E-state index is 0.238. The number of hydrogen-bond donors (Lipinski definition) is 1. The fraction of sp³-hybridized carbons (Fsp3) is 0.300. The fourth-order valence-electron chi connectivity index (χ4n) is 1.51. The lowest BCUT2D eigenvalue weighted by Crippen LogP contribution is -2.08. The molecule has 2 rings (SSSR count). The lowest BCUT2D eigenvalue weighted by Gasteiger charge is -2.05. The SMILES string of the molecule is Cc1c(C(=O)O)cnn1Cc1cncn1C. The highest BCUT2D eigenvalue weighted by molar-refractivity contribution is 5.88. The van der Waals surface area contributed by atoms with Crippen molar-refractivity contribution < 1.29 is 9.90 Å². The first-order chi connectivity index (χ1) is 7.59. The molecule has 6 heteroatoms. The smallest absolute Gasteiger partial charge is 0.339 e. The molecule has 0 fully saturated rings. The van der Waals surface area contributed by atoms with Crippen LogP contribution >= 0.6 is 0 Å². The first kappa shape index (κ1) is 10.4. The van der Waals surface area contributed by atoms with Crippen molar-refractivity contribution in [3.05, 3.63) is 35.7 Å². The summed E-state index contributed by atoms with van der Waals surface area (Å²) in [7, 11) is 1.89. The van der Waals surface area contributed by atoms with Crippen LogP contribution in [0.2, 0.25) is 0 Å². The van der Waals surface area contributed by atoms with Gasteiger partial charge in [0.15, 0.2) is 0 Å². The van der Waals surface area contributed by atoms with Crippen molar-refractivity contribution in [1.29, 1.82) is 0 Å². The van der Waals surface area contributed by atoms with Crippen LogP contribution in [0.1, 0.15) is 21.7 Å². The molecular formula is C10H12N4O2. The van der Waals surface area contributed by atoms with E-state index < -0.39 is 5.97 Å². The van der Waals surface area contributed by atoms with E-state index >= 15 is 0 Å². The second kappa shape index (κ2) is 3.80. The van der Waals surface area contributed by atoms with Gasteiger partial charge in [0.25, 0.3) is 0 Å². The fourth-order valence-corrected chi connectivity index (χ4v) is 1.51. The summed E-state index contributed by atoms with van der Waals surface area (Å²) in [6.07, 6.45) is 4.81. The van der Waals surface area contributed by atoms with Crippen molar-refractivity contribution in [1.82, 2.24) is 19.3 Å². The molecule has 84 valence electrons. The minimum atomic E-state index is -0.950. The summed E-state index contributed by atoms with van der Waals surface area (Å²) in [5.41, 5.74) is 1.86. The van der Waals surface area contributed by atoms with Crippen LogP contribution in [0.3, 0.4) is 0 Å². The van der Waals surface area contributed by atoms with Gasteiger partial charge in [-0.2, -0.15) is 5.10 Å². The molecule has 6 nitrogen and oxygen atoms in total. The van der Waals surface area contributed by atoms with Gasteiger partial charge >= 0.3 is 5.97 Å². The van der Waals surface area contributed by atoms with Crippen molar-refractivity contribution in [3.8, 4) is 0 Å². The number of carboxylic acids is 1. The van der Waals surface area contributed by atoms with Crippen LogP contribution < -0.4 is 0 Å². The summed E-state index contributed by atoms with van der Waals surface area (Å²) in [6, 6.07) is 0. The molecule has 0 saturated carbocycles. The molecule has 0 aliphatic rings. The molecule has 16 heavy (non-hydrogen) atoms. The van der Waals surface area contributed by atoms with Crippen LogP contribution in [0.25, 0.3) is 0 Å². The molecule has 0 saturated heterocycles. The van der Waals surface area contributed by atoms with E-state index in [1.54, 1.807) is 24.1 Å². The van der Waals surface area contributed by atoms with Crippen LogP contribution in [-0.4, -0.2) is 30.4 Å². The Hall–Kier alpha value is -2.11. The summed E-state index contributed by atoms with van der Waals surface area (Å²) >= 11 is 0. The Morgan fingerprint density at radius 1 is 1.50 bits per heavy atom. The molecule has 2 aromatic heterocycles. The lowest BCUT2D eigenvalue weighted by atomic mass is 10.2. The van der Waals surface area contributed by atoms with Gasteiger partial charge in [0.2, 0.25) is 0 Å². The highest BCUT2D eigenvalue weighted by Crippen LogP contribution is 2.09. The van der Waals surface area contributed by atoms with Crippen molar-refractivity contribution >= 4 is 5.97 Å². The first-order valence-electron chi connectivity index (χ1n) is 4.80. The second-order valence-corrected chi connectivity index (χ2v) is 3.60. The molecule has 0 aromatic carbocycles. The average molecular weight is 220 g/mol. The van der Waals surface area contributed by atoms with Crippen LogP contribution in [0.4, 0.5) is 0 Å². The van der Waals surface area contributed by atoms with Gasteiger partial charge in [0.1, 0.15) is 5.56 Å². The van der Waals surface area contributed by atoms with E-state index in [-0.39, 0.29) is 5.56 Å². The van der Waals surface area contributed by atoms with Gasteiger partial charge in [0, 0.05) is 7.05 Å². The predicted octanol–water partition coefficient (Wildman–Crippen LogP) is 0.672. The molecule has 2 heterocycles. The van der Waals surface area contributed by atoms with Crippen LogP contribution in [0.5, 0.6) is 0 Å². The van der Waals surface area contributed by atoms with Gasteiger partial charge in [-0.1, -0.05) is 0 Å². The maximum atomic E-state index is 10.8. The summed E-state index contributed by atoms with van der Waals surface area (Å²) in [5.74, 6) is -0.950. The van der Waals surface area contributed by atoms with Gasteiger partial charge in [-0.15, -0.1) is 0 Å². The molecule has 0 unspecified atom stereocenters. The van der Waals surface area contributed by atoms with Crippen LogP contribution in [0.15, 0.2) is 18.7 Å². The van der Waals surface area contributed by atoms with E-state index in [1.165, 1.54) is 6.20 Å². The zero-order chi connectivity index (χ0) is 11.7. The Balaban J connectivity index is 2.29. The Morgan fingerprint density at radius 2 is 2.25 bits per heavy atom. The summed E-state index contributed by atoms with van der Waals surface area (Å²) < 4.78 is 3.53. The Kier molecular flexibility index (Phi) is 2.47. The van der Waals surface area contributed by atoms with E-state index in [9.17, 15) is 4.79 Å². The number of aromatic carboxylic acids is 1. The van der Waals surface area contributed by atoms with E-state index in [2.05, 4.69) is 10.1 Å². The predicted molar refractivity (Wildman–Crippen MR) is 56.2 cm³/mol. The number of aryl methyl sites for hydroxylation is 1. The number of rotatable bonds is 3. The minimum Gasteiger partial charge on any atom is -0.478 e. The topological polar surface area (TPSA) is 72.9 Å². The maximum absolute atomic E-state index is 10.8. The molecular weight excluding hydrogens is 208 g/mol. The van der Waals surface area contributed by atoms with Gasteiger partial charge in [-0.25, -0.2) is 9.78 Å². The number of carbonyl (C=O) groups is 1. The van der Waals surface area contributed by atoms with Crippen molar-refractivity contribution in [2.24, 2.45) is 7.05 Å². The van der Waals surface area contributed by atoms with E-state index in [1.807, 2.05) is 11.6 Å². The number of carboxylic acid groups (broad SMARTS) is 1. The van der Waals surface area contributed by atoms with E-state index in [0.29, 0.717) is 12.2 Å². The molecule has 0 aliphatic carbocycles. The molecule has 0 bridgehead atoms. The largest absolute Gasteiger partial charge is 0.478 e. The first-order valence-corrected chi connectivity index (χ1v) is 4.80. The Bertz CT molecular complexity index is 527. The van der Waals surface area contributed by atoms with Crippen molar-refractivity contribution in [2.75, 3.05) is 0 Å². The quantitative estimate of drug-likeness (QED) is 0.825. The number of aromatic nitrogens is 4. The monoisotopic (exact) mass is 220 g/mol. The third kappa shape index (κ3) is 1.69. The normalized spacial score (nSPS) is 10.6. The van der Waals surface area contributed by atoms with Crippen molar-refractivity contribution in [2.45, 2.75) is 13.5 Å². The van der Waals surface area contributed by atoms with E-state index in [0.717, 1.165) is 5.69 Å². The molecule has 0 radical (unpaired) electrons. The zero-order valence-corrected chi connectivity index (χ0v) is 9.08. The van der Waals surface area contributed by atoms with Gasteiger partial charge in [-0.05, 0) is 6.92 Å². The summed E-state index contributed by atoms with van der Waals surface area (Å²) in [5, 5.41) is 12.9. The van der Waals surface area contributed by atoms with Crippen molar-refractivity contribution in [3.63, 3.8) is 0 Å². The third-order valence-corrected chi connectivity index (χ3v) is 2.56. The molecule has 0 spiro atoms. The lowest BCUT2D eigenvalue weighted by molar-refractivity contribution is 0.0696. The van der Waals surface area contributed by atoms with Gasteiger partial charge in [0.05, 0.1) is 36.7 Å². The number of imidazole rings is 1. The second-order valence-electron chi connectivity index (χ2n) is 3.60. The standard InChI is InChI=1S/C10H12N4O2/c1-7-9(10(15)16)4-12-14(7)5-8-3-11-6-13(8)2/h3-4,6H,5H2,1-2H3,(H,15,16). The Morgan fingerprint density at radius 3 is 2.75 bits per heavy atom. The highest BCUT2D eigenvalue weighted by atomic mass is 16.4. The average Bonchev–Trinajstić information content (AvgIpc) is 2.76. The van der Waals surface area contributed by atoms with Crippen LogP contribution in [0, 0.1) is 6.92 Å². The molecule has 0 aliphatic heterocycles. The molecule has 0 atom stereocenters. The molecule has 1 N–H and O–H groups in total. The van der Waals surface area contributed by atoms with Gasteiger partial charge < -0.3 is 9.67 Å². The zero-order valence-electron chi connectivity index (χ0n) is 9.08. The van der Waals surface area contributed by atoms with E-state index in [4.69, 9.17) is 5.11 Å². The summed E-state index contributed by atoms with van der Waals surface area (Å²) in [4.78, 5) is 14.8. The number of hydrogen-bond acceptors (Lipinski definition) is 3. The maximum Gasteiger partial charge on any atom is 0.339 e. The number of nitrogens with zero attached hydrogens (tertiary/aromatic N) is 4. The Labute approximate surface area is 92.2 Å². The van der Waals surface area contributed by atoms with Crippen LogP contribution in [-0.2, 0) is 13.6 Å². The molecule has 0 amide bonds. The third-order valence-electron chi connectivity index (χ3n) is 2.56.